The van der Waals surface area contributed by atoms with Crippen LogP contribution in [0.2, 0.25) is 0 Å². The van der Waals surface area contributed by atoms with Gasteiger partial charge >= 0.3 is 5.97 Å². The third-order valence-electron chi connectivity index (χ3n) is 3.35. The monoisotopic (exact) mass is 324 g/mol. The highest BCUT2D eigenvalue weighted by Crippen LogP contribution is 2.31. The highest BCUT2D eigenvalue weighted by Gasteiger charge is 2.24. The van der Waals surface area contributed by atoms with Crippen molar-refractivity contribution < 1.29 is 18.9 Å². The standard InChI is InChI=1S/C17H12N2O5/c1-23-17(20)14-15(12-8-5-9-13(10-12)19(21)22)24-16(18-14)11-6-3-2-4-7-11/h2-10H,1H3. The molecule has 1 heterocycles. The van der Waals surface area contributed by atoms with E-state index in [0.29, 0.717) is 11.1 Å². The number of carbonyl (C=O) groups is 1. The first-order valence-corrected chi connectivity index (χ1v) is 6.99. The van der Waals surface area contributed by atoms with Crippen molar-refractivity contribution in [3.05, 3.63) is 70.4 Å². The van der Waals surface area contributed by atoms with Gasteiger partial charge in [-0.3, -0.25) is 10.1 Å². The van der Waals surface area contributed by atoms with Gasteiger partial charge in [0, 0.05) is 23.3 Å². The molecule has 0 spiro atoms. The number of hydrogen-bond donors (Lipinski definition) is 0. The molecular formula is C17H12N2O5. The number of ether oxygens (including phenoxy) is 1. The van der Waals surface area contributed by atoms with Crippen molar-refractivity contribution in [2.24, 2.45) is 0 Å². The van der Waals surface area contributed by atoms with Crippen LogP contribution in [0.3, 0.4) is 0 Å². The molecule has 0 saturated heterocycles. The molecule has 3 rings (SSSR count). The van der Waals surface area contributed by atoms with Gasteiger partial charge in [0.2, 0.25) is 5.89 Å². The average molecular weight is 324 g/mol. The average Bonchev–Trinajstić information content (AvgIpc) is 3.07. The van der Waals surface area contributed by atoms with Crippen molar-refractivity contribution in [3.63, 3.8) is 0 Å². The predicted molar refractivity (Wildman–Crippen MR) is 85.4 cm³/mol. The number of oxazole rings is 1. The van der Waals surface area contributed by atoms with Crippen molar-refractivity contribution in [2.75, 3.05) is 7.11 Å². The Hall–Kier alpha value is -3.48. The molecule has 0 aliphatic rings. The summed E-state index contributed by atoms with van der Waals surface area (Å²) in [6.07, 6.45) is 0. The summed E-state index contributed by atoms with van der Waals surface area (Å²) in [4.78, 5) is 26.6. The summed E-state index contributed by atoms with van der Waals surface area (Å²) >= 11 is 0. The predicted octanol–water partition coefficient (Wildman–Crippen LogP) is 3.70. The molecule has 0 amide bonds. The minimum atomic E-state index is -0.678. The lowest BCUT2D eigenvalue weighted by Gasteiger charge is -2.00. The molecule has 0 bridgehead atoms. The maximum atomic E-state index is 12.0. The van der Waals surface area contributed by atoms with Gasteiger partial charge in [-0.2, -0.15) is 0 Å². The molecule has 7 heteroatoms. The first-order valence-electron chi connectivity index (χ1n) is 6.99. The van der Waals surface area contributed by atoms with E-state index in [1.54, 1.807) is 18.2 Å². The lowest BCUT2D eigenvalue weighted by molar-refractivity contribution is -0.384. The largest absolute Gasteiger partial charge is 0.464 e. The van der Waals surface area contributed by atoms with Crippen LogP contribution >= 0.6 is 0 Å². The number of esters is 1. The van der Waals surface area contributed by atoms with Gasteiger partial charge in [0.1, 0.15) is 0 Å². The van der Waals surface area contributed by atoms with E-state index in [4.69, 9.17) is 9.15 Å². The number of benzene rings is 2. The molecule has 3 aromatic rings. The zero-order valence-electron chi connectivity index (χ0n) is 12.6. The van der Waals surface area contributed by atoms with E-state index in [2.05, 4.69) is 4.98 Å². The number of rotatable bonds is 4. The molecule has 0 atom stereocenters. The first-order chi connectivity index (χ1) is 11.6. The molecule has 0 saturated carbocycles. The Morgan fingerprint density at radius 1 is 1.12 bits per heavy atom. The fourth-order valence-electron chi connectivity index (χ4n) is 2.22. The molecule has 0 N–H and O–H groups in total. The summed E-state index contributed by atoms with van der Waals surface area (Å²) in [5, 5.41) is 11.0. The second-order valence-corrected chi connectivity index (χ2v) is 4.86. The van der Waals surface area contributed by atoms with Gasteiger partial charge in [-0.15, -0.1) is 0 Å². The van der Waals surface area contributed by atoms with E-state index in [9.17, 15) is 14.9 Å². The third-order valence-corrected chi connectivity index (χ3v) is 3.35. The summed E-state index contributed by atoms with van der Waals surface area (Å²) in [7, 11) is 1.23. The van der Waals surface area contributed by atoms with E-state index in [1.165, 1.54) is 25.3 Å². The summed E-state index contributed by atoms with van der Waals surface area (Å²) < 4.78 is 10.4. The zero-order valence-corrected chi connectivity index (χ0v) is 12.6. The Balaban J connectivity index is 2.16. The van der Waals surface area contributed by atoms with Crippen LogP contribution in [0.4, 0.5) is 5.69 Å². The summed E-state index contributed by atoms with van der Waals surface area (Å²) in [6.45, 7) is 0. The highest BCUT2D eigenvalue weighted by molar-refractivity contribution is 5.94. The lowest BCUT2D eigenvalue weighted by Crippen LogP contribution is -2.03. The van der Waals surface area contributed by atoms with Crippen LogP contribution in [0.15, 0.2) is 59.0 Å². The number of aromatic nitrogens is 1. The molecule has 24 heavy (non-hydrogen) atoms. The number of nitro groups is 1. The molecule has 7 nitrogen and oxygen atoms in total. The topological polar surface area (TPSA) is 95.5 Å². The number of carbonyl (C=O) groups excluding carboxylic acids is 1. The lowest BCUT2D eigenvalue weighted by atomic mass is 10.1. The SMILES string of the molecule is COC(=O)c1nc(-c2ccccc2)oc1-c1cccc([N+](=O)[O-])c1. The van der Waals surface area contributed by atoms with Crippen LogP contribution in [0.25, 0.3) is 22.8 Å². The van der Waals surface area contributed by atoms with Gasteiger partial charge in [0.25, 0.3) is 5.69 Å². The first kappa shape index (κ1) is 15.4. The quantitative estimate of drug-likeness (QED) is 0.412. The Bertz CT molecular complexity index is 902. The van der Waals surface area contributed by atoms with E-state index >= 15 is 0 Å². The van der Waals surface area contributed by atoms with Gasteiger partial charge in [-0.05, 0) is 12.1 Å². The summed E-state index contributed by atoms with van der Waals surface area (Å²) in [5.74, 6) is -0.315. The Kier molecular flexibility index (Phi) is 4.07. The van der Waals surface area contributed by atoms with Crippen molar-refractivity contribution in [3.8, 4) is 22.8 Å². The number of non-ortho nitro benzene ring substituents is 1. The van der Waals surface area contributed by atoms with Crippen molar-refractivity contribution in [2.45, 2.75) is 0 Å². The Morgan fingerprint density at radius 3 is 2.50 bits per heavy atom. The van der Waals surface area contributed by atoms with Gasteiger partial charge in [0.15, 0.2) is 11.5 Å². The van der Waals surface area contributed by atoms with E-state index in [-0.39, 0.29) is 23.0 Å². The molecule has 0 radical (unpaired) electrons. The third kappa shape index (κ3) is 2.87. The maximum absolute atomic E-state index is 12.0. The molecular weight excluding hydrogens is 312 g/mol. The van der Waals surface area contributed by atoms with Crippen LogP contribution < -0.4 is 0 Å². The van der Waals surface area contributed by atoms with Crippen LogP contribution in [0, 0.1) is 10.1 Å². The van der Waals surface area contributed by atoms with Gasteiger partial charge in [-0.25, -0.2) is 9.78 Å². The molecule has 2 aromatic carbocycles. The Morgan fingerprint density at radius 2 is 1.83 bits per heavy atom. The number of methoxy groups -OCH3 is 1. The van der Waals surface area contributed by atoms with E-state index in [1.807, 2.05) is 18.2 Å². The molecule has 0 unspecified atom stereocenters. The second kappa shape index (κ2) is 6.33. The van der Waals surface area contributed by atoms with Crippen LogP contribution in [0.5, 0.6) is 0 Å². The van der Waals surface area contributed by atoms with Gasteiger partial charge in [0.05, 0.1) is 12.0 Å². The van der Waals surface area contributed by atoms with Crippen molar-refractivity contribution >= 4 is 11.7 Å². The maximum Gasteiger partial charge on any atom is 0.360 e. The fraction of sp³-hybridized carbons (Fsp3) is 0.0588. The molecule has 0 fully saturated rings. The van der Waals surface area contributed by atoms with Crippen molar-refractivity contribution in [1.82, 2.24) is 4.98 Å². The number of nitrogens with zero attached hydrogens (tertiary/aromatic N) is 2. The van der Waals surface area contributed by atoms with Crippen LogP contribution in [0.1, 0.15) is 10.5 Å². The molecule has 1 aromatic heterocycles. The molecule has 0 aliphatic heterocycles. The van der Waals surface area contributed by atoms with Gasteiger partial charge < -0.3 is 9.15 Å². The summed E-state index contributed by atoms with van der Waals surface area (Å²) in [5.41, 5.74) is 0.913. The van der Waals surface area contributed by atoms with E-state index in [0.717, 1.165) is 0 Å². The highest BCUT2D eigenvalue weighted by atomic mass is 16.6. The smallest absolute Gasteiger partial charge is 0.360 e. The van der Waals surface area contributed by atoms with Gasteiger partial charge in [-0.1, -0.05) is 30.3 Å². The minimum absolute atomic E-state index is 0.0307. The second-order valence-electron chi connectivity index (χ2n) is 4.86. The van der Waals surface area contributed by atoms with Crippen molar-refractivity contribution in [1.29, 1.82) is 0 Å². The Labute approximate surface area is 136 Å². The minimum Gasteiger partial charge on any atom is -0.464 e. The fourth-order valence-corrected chi connectivity index (χ4v) is 2.22. The normalized spacial score (nSPS) is 10.4. The number of nitro benzene ring substituents is 1. The number of hydrogen-bond acceptors (Lipinski definition) is 6. The molecule has 0 aliphatic carbocycles. The molecule has 120 valence electrons. The van der Waals surface area contributed by atoms with E-state index < -0.39 is 10.9 Å². The zero-order chi connectivity index (χ0) is 17.1. The summed E-state index contributed by atoms with van der Waals surface area (Å²) in [6, 6.07) is 14.8. The van der Waals surface area contributed by atoms with Crippen LogP contribution in [-0.2, 0) is 4.74 Å². The van der Waals surface area contributed by atoms with Crippen LogP contribution in [-0.4, -0.2) is 23.0 Å².